The number of para-hydroxylation sites is 1. The topological polar surface area (TPSA) is 12.4 Å². The Morgan fingerprint density at radius 1 is 0.625 bits per heavy atom. The average molecular weight is 472 g/mol. The molecule has 4 heteroatoms. The van der Waals surface area contributed by atoms with Crippen molar-refractivity contribution in [2.24, 2.45) is 4.99 Å². The summed E-state index contributed by atoms with van der Waals surface area (Å²) in [7, 11) is 0. The van der Waals surface area contributed by atoms with Gasteiger partial charge in [0, 0.05) is 22.0 Å². The van der Waals surface area contributed by atoms with Crippen molar-refractivity contribution in [1.82, 2.24) is 0 Å². The van der Waals surface area contributed by atoms with Gasteiger partial charge in [0.15, 0.2) is 0 Å². The van der Waals surface area contributed by atoms with Gasteiger partial charge < -0.3 is 0 Å². The Morgan fingerprint density at radius 3 is 1.78 bits per heavy atom. The Bertz CT molecular complexity index is 1080. The number of aliphatic imine (C=N–C) groups is 1. The van der Waals surface area contributed by atoms with Crippen molar-refractivity contribution >= 4 is 46.0 Å². The van der Waals surface area contributed by atoms with Crippen LogP contribution in [0.5, 0.6) is 0 Å². The molecule has 0 heterocycles. The molecule has 0 bridgehead atoms. The predicted molar refractivity (Wildman–Crippen MR) is 144 cm³/mol. The Kier molecular flexibility index (Phi) is 8.96. The van der Waals surface area contributed by atoms with Crippen molar-refractivity contribution in [1.29, 1.82) is 0 Å². The van der Waals surface area contributed by atoms with Crippen LogP contribution in [-0.2, 0) is 5.75 Å². The van der Waals surface area contributed by atoms with E-state index in [0.29, 0.717) is 4.58 Å². The molecule has 4 aromatic carbocycles. The van der Waals surface area contributed by atoms with Gasteiger partial charge in [0.1, 0.15) is 0 Å². The minimum absolute atomic E-state index is 0.358. The van der Waals surface area contributed by atoms with E-state index in [1.807, 2.05) is 41.7 Å². The van der Waals surface area contributed by atoms with Crippen LogP contribution in [0.4, 0.5) is 5.69 Å². The van der Waals surface area contributed by atoms with Crippen LogP contribution in [0.3, 0.4) is 0 Å². The van der Waals surface area contributed by atoms with E-state index < -0.39 is 0 Å². The van der Waals surface area contributed by atoms with E-state index in [1.54, 1.807) is 11.8 Å². The highest BCUT2D eigenvalue weighted by atomic mass is 32.2. The summed E-state index contributed by atoms with van der Waals surface area (Å²) in [6.07, 6.45) is 0.894. The Labute approximate surface area is 203 Å². The fourth-order valence-electron chi connectivity index (χ4n) is 3.07. The molecule has 0 N–H and O–H groups in total. The van der Waals surface area contributed by atoms with E-state index in [4.69, 9.17) is 4.99 Å². The molecule has 1 nitrogen and oxygen atoms in total. The summed E-state index contributed by atoms with van der Waals surface area (Å²) in [5, 5.41) is 1.14. The second-order valence-corrected chi connectivity index (χ2v) is 11.0. The van der Waals surface area contributed by atoms with Gasteiger partial charge in [-0.2, -0.15) is 0 Å². The zero-order chi connectivity index (χ0) is 21.8. The molecule has 4 aromatic rings. The third kappa shape index (κ3) is 7.63. The van der Waals surface area contributed by atoms with Gasteiger partial charge in [-0.05, 0) is 42.0 Å². The van der Waals surface area contributed by atoms with Gasteiger partial charge >= 0.3 is 0 Å². The molecule has 0 amide bonds. The summed E-state index contributed by atoms with van der Waals surface area (Å²) in [6.45, 7) is 0. The number of hydrogen-bond acceptors (Lipinski definition) is 4. The Hall–Kier alpha value is -2.40. The van der Waals surface area contributed by atoms with Gasteiger partial charge in [-0.15, -0.1) is 23.5 Å². The minimum atomic E-state index is 0.358. The summed E-state index contributed by atoms with van der Waals surface area (Å²) >= 11 is 5.68. The van der Waals surface area contributed by atoms with Gasteiger partial charge in [-0.25, -0.2) is 4.99 Å². The molecule has 0 spiro atoms. The maximum Gasteiger partial charge on any atom is 0.0805 e. The fraction of sp³-hybridized carbons (Fsp3) is 0.107. The highest BCUT2D eigenvalue weighted by Gasteiger charge is 2.16. The van der Waals surface area contributed by atoms with E-state index in [2.05, 4.69) is 103 Å². The normalized spacial score (nSPS) is 12.4. The van der Waals surface area contributed by atoms with Crippen LogP contribution < -0.4 is 0 Å². The molecular formula is C28H25NS3. The molecule has 1 unspecified atom stereocenters. The molecule has 0 fully saturated rings. The third-order valence-corrected chi connectivity index (χ3v) is 8.33. The van der Waals surface area contributed by atoms with E-state index in [9.17, 15) is 0 Å². The zero-order valence-corrected chi connectivity index (χ0v) is 20.2. The average Bonchev–Trinajstić information content (AvgIpc) is 2.85. The van der Waals surface area contributed by atoms with Gasteiger partial charge in [-0.1, -0.05) is 96.7 Å². The minimum Gasteiger partial charge on any atom is -0.246 e. The lowest BCUT2D eigenvalue weighted by atomic mass is 10.2. The molecular weight excluding hydrogens is 447 g/mol. The van der Waals surface area contributed by atoms with Gasteiger partial charge in [0.2, 0.25) is 0 Å². The van der Waals surface area contributed by atoms with Crippen LogP contribution in [0.15, 0.2) is 136 Å². The second kappa shape index (κ2) is 12.6. The van der Waals surface area contributed by atoms with E-state index in [1.165, 1.54) is 15.4 Å². The van der Waals surface area contributed by atoms with E-state index >= 15 is 0 Å². The largest absolute Gasteiger partial charge is 0.246 e. The summed E-state index contributed by atoms with van der Waals surface area (Å²) in [5.74, 6) is 0.986. The zero-order valence-electron chi connectivity index (χ0n) is 17.7. The van der Waals surface area contributed by atoms with Crippen molar-refractivity contribution in [2.75, 3.05) is 0 Å². The molecule has 0 saturated carbocycles. The molecule has 160 valence electrons. The lowest BCUT2D eigenvalue weighted by Gasteiger charge is -2.18. The molecule has 0 aliphatic carbocycles. The molecule has 0 aliphatic rings. The maximum atomic E-state index is 5.04. The number of nitrogens with zero attached hydrogens (tertiary/aromatic N) is 1. The first kappa shape index (κ1) is 22.8. The van der Waals surface area contributed by atoms with Crippen molar-refractivity contribution in [2.45, 2.75) is 26.5 Å². The summed E-state index contributed by atoms with van der Waals surface area (Å²) in [4.78, 5) is 7.56. The molecule has 4 rings (SSSR count). The second-order valence-electron chi connectivity index (χ2n) is 7.12. The first-order valence-corrected chi connectivity index (χ1v) is 13.3. The lowest BCUT2D eigenvalue weighted by Crippen LogP contribution is -2.05. The molecule has 1 atom stereocenters. The molecule has 0 aliphatic heterocycles. The fourth-order valence-corrected chi connectivity index (χ4v) is 6.77. The van der Waals surface area contributed by atoms with Crippen LogP contribution >= 0.6 is 35.3 Å². The van der Waals surface area contributed by atoms with Crippen LogP contribution in [0, 0.1) is 0 Å². The van der Waals surface area contributed by atoms with E-state index in [-0.39, 0.29) is 0 Å². The first-order valence-electron chi connectivity index (χ1n) is 10.6. The standard InChI is InChI=1S/C28H25NS3/c1-5-13-23(14-6-1)22-30-28(32-26-19-11-4-12-20-26)21-27(29-24-15-7-2-8-16-24)31-25-17-9-3-10-18-25/h1-20,28H,21-22H2. The maximum absolute atomic E-state index is 5.04. The monoisotopic (exact) mass is 471 g/mol. The summed E-state index contributed by atoms with van der Waals surface area (Å²) in [6, 6.07) is 42.2. The quantitative estimate of drug-likeness (QED) is 0.105. The number of hydrogen-bond donors (Lipinski definition) is 0. The van der Waals surface area contributed by atoms with Crippen molar-refractivity contribution in [3.8, 4) is 0 Å². The Balaban J connectivity index is 1.56. The van der Waals surface area contributed by atoms with Gasteiger partial charge in [0.05, 0.1) is 15.3 Å². The van der Waals surface area contributed by atoms with Crippen LogP contribution in [0.25, 0.3) is 0 Å². The smallest absolute Gasteiger partial charge is 0.0805 e. The van der Waals surface area contributed by atoms with Gasteiger partial charge in [-0.3, -0.25) is 0 Å². The molecule has 0 aromatic heterocycles. The number of thioether (sulfide) groups is 3. The lowest BCUT2D eigenvalue weighted by molar-refractivity contribution is 1.23. The third-order valence-electron chi connectivity index (χ3n) is 4.62. The van der Waals surface area contributed by atoms with Gasteiger partial charge in [0.25, 0.3) is 0 Å². The van der Waals surface area contributed by atoms with Crippen LogP contribution in [0.1, 0.15) is 12.0 Å². The van der Waals surface area contributed by atoms with Crippen molar-refractivity contribution < 1.29 is 0 Å². The molecule has 32 heavy (non-hydrogen) atoms. The highest BCUT2D eigenvalue weighted by molar-refractivity contribution is 8.17. The SMILES string of the molecule is c1ccc(CSC(CC(=Nc2ccccc2)Sc2ccccc2)Sc2ccccc2)cc1. The summed E-state index contributed by atoms with van der Waals surface area (Å²) < 4.78 is 0.358. The number of benzene rings is 4. The van der Waals surface area contributed by atoms with Crippen LogP contribution in [-0.4, -0.2) is 9.63 Å². The number of rotatable bonds is 9. The highest BCUT2D eigenvalue weighted by Crippen LogP contribution is 2.38. The van der Waals surface area contributed by atoms with Crippen LogP contribution in [0.2, 0.25) is 0 Å². The van der Waals surface area contributed by atoms with Crippen molar-refractivity contribution in [3.05, 3.63) is 127 Å². The predicted octanol–water partition coefficient (Wildman–Crippen LogP) is 8.95. The summed E-state index contributed by atoms with van der Waals surface area (Å²) in [5.41, 5.74) is 2.36. The molecule has 0 saturated heterocycles. The molecule has 0 radical (unpaired) electrons. The Morgan fingerprint density at radius 2 is 1.16 bits per heavy atom. The van der Waals surface area contributed by atoms with Crippen molar-refractivity contribution in [3.63, 3.8) is 0 Å². The first-order chi connectivity index (χ1) is 15.8. The van der Waals surface area contributed by atoms with E-state index in [0.717, 1.165) is 22.9 Å².